The van der Waals surface area contributed by atoms with E-state index in [1.165, 1.54) is 0 Å². The smallest absolute Gasteiger partial charge is 0.322 e. The number of hydrogen-bond donors (Lipinski definition) is 3. The lowest BCUT2D eigenvalue weighted by atomic mass is 10.0. The number of urea groups is 1. The third kappa shape index (κ3) is 2.73. The second-order valence-electron chi connectivity index (χ2n) is 5.84. The highest BCUT2D eigenvalue weighted by Gasteiger charge is 2.30. The Kier molecular flexibility index (Phi) is 4.24. The number of para-hydroxylation sites is 1. The molecule has 0 aliphatic carbocycles. The number of aromatic nitrogens is 2. The van der Waals surface area contributed by atoms with Crippen LogP contribution in [0.4, 0.5) is 10.5 Å². The van der Waals surface area contributed by atoms with Crippen molar-refractivity contribution in [3.63, 3.8) is 0 Å². The Hall–Kier alpha value is -2.83. The zero-order valence-electron chi connectivity index (χ0n) is 13.8. The number of nitrogens with two attached hydrogens (primary N) is 1. The third-order valence-corrected chi connectivity index (χ3v) is 4.40. The summed E-state index contributed by atoms with van der Waals surface area (Å²) in [6.45, 7) is 4.84. The number of hydrogen-bond acceptors (Lipinski definition) is 3. The molecule has 126 valence electrons. The first-order chi connectivity index (χ1) is 11.5. The molecule has 1 aromatic heterocycles. The van der Waals surface area contributed by atoms with Gasteiger partial charge in [0.15, 0.2) is 5.69 Å². The number of carbonyl (C=O) groups is 2. The third-order valence-electron chi connectivity index (χ3n) is 4.40. The molecule has 0 fully saturated rings. The van der Waals surface area contributed by atoms with Crippen LogP contribution in [0.5, 0.6) is 0 Å². The summed E-state index contributed by atoms with van der Waals surface area (Å²) in [4.78, 5) is 25.7. The number of nitrogens with one attached hydrogen (secondary N) is 2. The zero-order chi connectivity index (χ0) is 17.3. The van der Waals surface area contributed by atoms with Gasteiger partial charge in [0, 0.05) is 11.3 Å². The van der Waals surface area contributed by atoms with E-state index in [1.807, 2.05) is 18.2 Å². The summed E-state index contributed by atoms with van der Waals surface area (Å²) in [5.74, 6) is -0.584. The monoisotopic (exact) mass is 327 g/mol. The molecule has 3 rings (SSSR count). The number of H-pyrrole nitrogens is 1. The van der Waals surface area contributed by atoms with E-state index in [2.05, 4.69) is 29.4 Å². The van der Waals surface area contributed by atoms with Crippen molar-refractivity contribution < 1.29 is 9.59 Å². The van der Waals surface area contributed by atoms with Gasteiger partial charge >= 0.3 is 6.03 Å². The predicted molar refractivity (Wildman–Crippen MR) is 90.6 cm³/mol. The molecule has 0 atom stereocenters. The number of amides is 3. The SMILES string of the molecule is CCc1cccc(CC)c1NC(=O)N1Cc2[nH]nc(C(N)=O)c2C1. The molecule has 3 amide bonds. The van der Waals surface area contributed by atoms with E-state index >= 15 is 0 Å². The minimum atomic E-state index is -0.584. The van der Waals surface area contributed by atoms with Crippen LogP contribution in [0, 0.1) is 0 Å². The molecule has 4 N–H and O–H groups in total. The molecule has 1 aromatic carbocycles. The summed E-state index contributed by atoms with van der Waals surface area (Å²) in [5.41, 5.74) is 10.1. The largest absolute Gasteiger partial charge is 0.364 e. The molecule has 2 aromatic rings. The van der Waals surface area contributed by atoms with Gasteiger partial charge in [-0.25, -0.2) is 4.79 Å². The Bertz CT molecular complexity index is 774. The van der Waals surface area contributed by atoms with Gasteiger partial charge in [-0.05, 0) is 24.0 Å². The number of nitrogens with zero attached hydrogens (tertiary/aromatic N) is 2. The lowest BCUT2D eigenvalue weighted by Crippen LogP contribution is -2.31. The predicted octanol–water partition coefficient (Wildman–Crippen LogP) is 2.18. The molecule has 2 heterocycles. The first-order valence-electron chi connectivity index (χ1n) is 8.07. The number of carbonyl (C=O) groups excluding carboxylic acids is 2. The fourth-order valence-corrected chi connectivity index (χ4v) is 3.08. The van der Waals surface area contributed by atoms with Crippen molar-refractivity contribution in [2.75, 3.05) is 5.32 Å². The normalized spacial score (nSPS) is 13.0. The van der Waals surface area contributed by atoms with Gasteiger partial charge in [0.1, 0.15) is 0 Å². The van der Waals surface area contributed by atoms with E-state index in [-0.39, 0.29) is 11.7 Å². The number of anilines is 1. The average Bonchev–Trinajstić information content (AvgIpc) is 3.15. The van der Waals surface area contributed by atoms with Gasteiger partial charge in [-0.1, -0.05) is 32.0 Å². The van der Waals surface area contributed by atoms with Crippen LogP contribution in [0.2, 0.25) is 0 Å². The van der Waals surface area contributed by atoms with E-state index in [4.69, 9.17) is 5.73 Å². The second kappa shape index (κ2) is 6.35. The van der Waals surface area contributed by atoms with Crippen LogP contribution in [0.25, 0.3) is 0 Å². The first-order valence-corrected chi connectivity index (χ1v) is 8.07. The lowest BCUT2D eigenvalue weighted by Gasteiger charge is -2.20. The van der Waals surface area contributed by atoms with E-state index in [0.717, 1.165) is 35.3 Å². The van der Waals surface area contributed by atoms with Crippen molar-refractivity contribution in [2.45, 2.75) is 39.8 Å². The minimum absolute atomic E-state index is 0.189. The van der Waals surface area contributed by atoms with Crippen molar-refractivity contribution in [3.8, 4) is 0 Å². The molecule has 7 nitrogen and oxygen atoms in total. The van der Waals surface area contributed by atoms with Gasteiger partial charge < -0.3 is 16.0 Å². The zero-order valence-corrected chi connectivity index (χ0v) is 13.8. The molecular formula is C17H21N5O2. The molecule has 0 saturated carbocycles. The van der Waals surface area contributed by atoms with Crippen molar-refractivity contribution in [3.05, 3.63) is 46.3 Å². The van der Waals surface area contributed by atoms with Crippen LogP contribution in [0.3, 0.4) is 0 Å². The Labute approximate surface area is 140 Å². The van der Waals surface area contributed by atoms with Crippen molar-refractivity contribution in [1.29, 1.82) is 0 Å². The van der Waals surface area contributed by atoms with Crippen LogP contribution >= 0.6 is 0 Å². The van der Waals surface area contributed by atoms with Crippen LogP contribution < -0.4 is 11.1 Å². The van der Waals surface area contributed by atoms with Crippen molar-refractivity contribution in [2.24, 2.45) is 5.73 Å². The van der Waals surface area contributed by atoms with E-state index in [9.17, 15) is 9.59 Å². The summed E-state index contributed by atoms with van der Waals surface area (Å²) in [7, 11) is 0. The fraction of sp³-hybridized carbons (Fsp3) is 0.353. The molecule has 0 radical (unpaired) electrons. The first kappa shape index (κ1) is 16.0. The van der Waals surface area contributed by atoms with E-state index in [0.29, 0.717) is 18.7 Å². The number of aromatic amines is 1. The second-order valence-corrected chi connectivity index (χ2v) is 5.84. The Morgan fingerprint density at radius 1 is 1.25 bits per heavy atom. The Balaban J connectivity index is 1.79. The van der Waals surface area contributed by atoms with Gasteiger partial charge in [0.05, 0.1) is 18.8 Å². The molecule has 0 spiro atoms. The lowest BCUT2D eigenvalue weighted by molar-refractivity contribution is 0.0994. The summed E-state index contributed by atoms with van der Waals surface area (Å²) in [5, 5.41) is 9.73. The number of rotatable bonds is 4. The minimum Gasteiger partial charge on any atom is -0.364 e. The summed E-state index contributed by atoms with van der Waals surface area (Å²) in [6, 6.07) is 5.87. The Morgan fingerprint density at radius 3 is 2.50 bits per heavy atom. The van der Waals surface area contributed by atoms with Crippen LogP contribution in [-0.2, 0) is 25.9 Å². The summed E-state index contributed by atoms with van der Waals surface area (Å²) >= 11 is 0. The van der Waals surface area contributed by atoms with Gasteiger partial charge in [-0.2, -0.15) is 5.10 Å². The highest BCUT2D eigenvalue weighted by atomic mass is 16.2. The average molecular weight is 327 g/mol. The highest BCUT2D eigenvalue weighted by molar-refractivity contribution is 5.94. The molecule has 0 saturated heterocycles. The van der Waals surface area contributed by atoms with Crippen LogP contribution in [0.1, 0.15) is 46.7 Å². The van der Waals surface area contributed by atoms with Crippen LogP contribution in [0.15, 0.2) is 18.2 Å². The molecule has 7 heteroatoms. The fourth-order valence-electron chi connectivity index (χ4n) is 3.08. The molecule has 24 heavy (non-hydrogen) atoms. The molecule has 0 bridgehead atoms. The number of aryl methyl sites for hydroxylation is 2. The topological polar surface area (TPSA) is 104 Å². The summed E-state index contributed by atoms with van der Waals surface area (Å²) in [6.07, 6.45) is 1.69. The van der Waals surface area contributed by atoms with Gasteiger partial charge in [0.25, 0.3) is 5.91 Å². The number of fused-ring (bicyclic) bond motifs is 1. The number of primary amides is 1. The molecular weight excluding hydrogens is 306 g/mol. The van der Waals surface area contributed by atoms with Crippen LogP contribution in [-0.4, -0.2) is 27.0 Å². The highest BCUT2D eigenvalue weighted by Crippen LogP contribution is 2.27. The van der Waals surface area contributed by atoms with E-state index < -0.39 is 5.91 Å². The van der Waals surface area contributed by atoms with Gasteiger partial charge in [0.2, 0.25) is 0 Å². The van der Waals surface area contributed by atoms with E-state index in [1.54, 1.807) is 4.90 Å². The standard InChI is InChI=1S/C17H21N5O2/c1-3-10-6-5-7-11(4-2)14(10)19-17(24)22-8-12-13(9-22)20-21-15(12)16(18)23/h5-7H,3-4,8-9H2,1-2H3,(H2,18,23)(H,19,24)(H,20,21). The van der Waals surface area contributed by atoms with Gasteiger partial charge in [-0.15, -0.1) is 0 Å². The quantitative estimate of drug-likeness (QED) is 0.801. The van der Waals surface area contributed by atoms with Crippen molar-refractivity contribution >= 4 is 17.6 Å². The maximum absolute atomic E-state index is 12.7. The van der Waals surface area contributed by atoms with Gasteiger partial charge in [-0.3, -0.25) is 9.89 Å². The summed E-state index contributed by atoms with van der Waals surface area (Å²) < 4.78 is 0. The number of benzene rings is 1. The van der Waals surface area contributed by atoms with Crippen molar-refractivity contribution in [1.82, 2.24) is 15.1 Å². The molecule has 0 unspecified atom stereocenters. The molecule has 1 aliphatic heterocycles. The maximum Gasteiger partial charge on any atom is 0.322 e. The molecule has 1 aliphatic rings. The Morgan fingerprint density at radius 2 is 1.92 bits per heavy atom. The maximum atomic E-state index is 12.7.